The Kier molecular flexibility index (Phi) is 9.07. The van der Waals surface area contributed by atoms with Gasteiger partial charge in [-0.15, -0.1) is 5.53 Å². The molecule has 4 heterocycles. The molecule has 3 aliphatic heterocycles. The molecule has 7 unspecified atom stereocenters. The lowest BCUT2D eigenvalue weighted by molar-refractivity contribution is -0.183. The van der Waals surface area contributed by atoms with E-state index in [1.165, 1.54) is 12.1 Å². The molecule has 2 saturated heterocycles. The van der Waals surface area contributed by atoms with E-state index in [1.807, 2.05) is 18.9 Å². The monoisotopic (exact) mass is 648 g/mol. The Morgan fingerprint density at radius 3 is 2.73 bits per heavy atom. The fourth-order valence-electron chi connectivity index (χ4n) is 6.68. The van der Waals surface area contributed by atoms with Crippen molar-refractivity contribution >= 4 is 29.1 Å². The summed E-state index contributed by atoms with van der Waals surface area (Å²) in [6, 6.07) is 4.02. The minimum absolute atomic E-state index is 0.0379. The van der Waals surface area contributed by atoms with Crippen LogP contribution in [0.2, 0.25) is 0 Å². The number of hydrazine groups is 2. The van der Waals surface area contributed by atoms with Gasteiger partial charge in [0.2, 0.25) is 0 Å². The molecule has 0 spiro atoms. The lowest BCUT2D eigenvalue weighted by Gasteiger charge is -2.29. The van der Waals surface area contributed by atoms with Crippen LogP contribution in [0, 0.1) is 11.6 Å². The highest BCUT2D eigenvalue weighted by atomic mass is 32.2. The van der Waals surface area contributed by atoms with Crippen LogP contribution in [0.4, 0.5) is 26.1 Å². The van der Waals surface area contributed by atoms with Gasteiger partial charge in [0.05, 0.1) is 25.4 Å². The Hall–Kier alpha value is -2.33. The maximum Gasteiger partial charge on any atom is 0.191 e. The standard InChI is InChI=1S/C31H42F2N6O5S/c1-4-13-45-30-35-28(34-21-15-18(21)17-8-9-19(32)20(33)14-17)25-29(36-30)39(38-37-25)22-16-23(27-26(22)43-31(2,3)44-27)40-11-12-42-24-7-5-6-10-41-24/h8-9,14,18,21-24,26-27,37-38H,4-7,10-13,15-16H2,1-3H3,(H,34,35,36). The highest BCUT2D eigenvalue weighted by Gasteiger charge is 2.57. The number of rotatable bonds is 12. The lowest BCUT2D eigenvalue weighted by Crippen LogP contribution is -2.50. The van der Waals surface area contributed by atoms with E-state index < -0.39 is 17.4 Å². The highest BCUT2D eigenvalue weighted by molar-refractivity contribution is 7.99. The summed E-state index contributed by atoms with van der Waals surface area (Å²) in [6.07, 6.45) is 4.69. The van der Waals surface area contributed by atoms with Crippen LogP contribution in [-0.2, 0) is 23.7 Å². The Labute approximate surface area is 266 Å². The van der Waals surface area contributed by atoms with Gasteiger partial charge in [-0.05, 0) is 63.6 Å². The Balaban J connectivity index is 1.07. The molecule has 7 atom stereocenters. The van der Waals surface area contributed by atoms with Crippen molar-refractivity contribution < 1.29 is 32.5 Å². The van der Waals surface area contributed by atoms with Crippen molar-refractivity contribution in [3.05, 3.63) is 35.4 Å². The van der Waals surface area contributed by atoms with Crippen LogP contribution in [0.3, 0.4) is 0 Å². The fraction of sp³-hybridized carbons (Fsp3) is 0.677. The van der Waals surface area contributed by atoms with Gasteiger partial charge in [0.1, 0.15) is 17.9 Å². The van der Waals surface area contributed by atoms with Gasteiger partial charge in [0.25, 0.3) is 0 Å². The number of nitrogens with one attached hydrogen (secondary N) is 3. The van der Waals surface area contributed by atoms with E-state index in [9.17, 15) is 8.78 Å². The molecule has 0 amide bonds. The number of aromatic nitrogens is 2. The number of halogens is 2. The zero-order chi connectivity index (χ0) is 31.1. The highest BCUT2D eigenvalue weighted by Crippen LogP contribution is 2.48. The van der Waals surface area contributed by atoms with Gasteiger partial charge in [-0.25, -0.2) is 18.7 Å². The summed E-state index contributed by atoms with van der Waals surface area (Å²) in [5.41, 5.74) is 8.10. The number of ether oxygens (including phenoxy) is 5. The Morgan fingerprint density at radius 1 is 1.09 bits per heavy atom. The zero-order valence-electron chi connectivity index (χ0n) is 25.9. The molecule has 2 aliphatic carbocycles. The molecular formula is C31H42F2N6O5S. The third-order valence-electron chi connectivity index (χ3n) is 8.89. The van der Waals surface area contributed by atoms with Crippen LogP contribution in [-0.4, -0.2) is 78.0 Å². The summed E-state index contributed by atoms with van der Waals surface area (Å²) in [6.45, 7) is 7.60. The summed E-state index contributed by atoms with van der Waals surface area (Å²) in [4.78, 5) is 9.81. The van der Waals surface area contributed by atoms with E-state index >= 15 is 0 Å². The van der Waals surface area contributed by atoms with Gasteiger partial charge in [-0.3, -0.25) is 10.4 Å². The zero-order valence-corrected chi connectivity index (χ0v) is 26.7. The van der Waals surface area contributed by atoms with E-state index in [4.69, 9.17) is 33.7 Å². The first-order chi connectivity index (χ1) is 21.8. The van der Waals surface area contributed by atoms with Gasteiger partial charge in [-0.1, -0.05) is 24.8 Å². The summed E-state index contributed by atoms with van der Waals surface area (Å²) in [5, 5.41) is 6.21. The molecule has 7 rings (SSSR count). The molecule has 11 nitrogen and oxygen atoms in total. The molecule has 5 aliphatic rings. The van der Waals surface area contributed by atoms with Crippen molar-refractivity contribution in [2.75, 3.05) is 41.3 Å². The van der Waals surface area contributed by atoms with Crippen molar-refractivity contribution in [2.24, 2.45) is 0 Å². The molecule has 1 aromatic heterocycles. The molecule has 0 bridgehead atoms. The molecule has 3 N–H and O–H groups in total. The van der Waals surface area contributed by atoms with Crippen LogP contribution in [0.1, 0.15) is 70.8 Å². The first-order valence-electron chi connectivity index (χ1n) is 16.1. The second-order valence-electron chi connectivity index (χ2n) is 12.7. The van der Waals surface area contributed by atoms with Gasteiger partial charge in [0.15, 0.2) is 40.5 Å². The number of benzene rings is 1. The van der Waals surface area contributed by atoms with Crippen molar-refractivity contribution in [3.63, 3.8) is 0 Å². The number of hydrogen-bond donors (Lipinski definition) is 3. The average Bonchev–Trinajstić information content (AvgIpc) is 3.36. The van der Waals surface area contributed by atoms with Crippen molar-refractivity contribution in [1.82, 2.24) is 15.5 Å². The smallest absolute Gasteiger partial charge is 0.191 e. The van der Waals surface area contributed by atoms with Gasteiger partial charge in [0, 0.05) is 30.7 Å². The molecule has 45 heavy (non-hydrogen) atoms. The van der Waals surface area contributed by atoms with Gasteiger partial charge in [-0.2, -0.15) is 0 Å². The van der Waals surface area contributed by atoms with E-state index in [0.29, 0.717) is 36.4 Å². The number of thioether (sulfide) groups is 1. The minimum atomic E-state index is -0.838. The largest absolute Gasteiger partial charge is 0.373 e. The molecule has 0 radical (unpaired) electrons. The summed E-state index contributed by atoms with van der Waals surface area (Å²) >= 11 is 1.60. The normalized spacial score (nSPS) is 31.5. The summed E-state index contributed by atoms with van der Waals surface area (Å²) in [7, 11) is 0. The SMILES string of the molecule is CCCSc1nc(NC2CC2c2ccc(F)c(F)c2)c2c(n1)N(C1CC(OCCOC3CCCCO3)C3OC(C)(C)OC31)NN2. The van der Waals surface area contributed by atoms with Gasteiger partial charge >= 0.3 is 0 Å². The van der Waals surface area contributed by atoms with Crippen molar-refractivity contribution in [1.29, 1.82) is 0 Å². The number of fused-ring (bicyclic) bond motifs is 2. The molecule has 14 heteroatoms. The predicted octanol–water partition coefficient (Wildman–Crippen LogP) is 5.10. The second kappa shape index (κ2) is 13.1. The third-order valence-corrected chi connectivity index (χ3v) is 9.94. The minimum Gasteiger partial charge on any atom is -0.373 e. The maximum atomic E-state index is 13.9. The van der Waals surface area contributed by atoms with Crippen molar-refractivity contribution in [2.45, 2.75) is 113 Å². The molecule has 2 saturated carbocycles. The number of anilines is 3. The van der Waals surface area contributed by atoms with E-state index in [1.54, 1.807) is 17.8 Å². The Morgan fingerprint density at radius 2 is 1.93 bits per heavy atom. The first kappa shape index (κ1) is 31.3. The molecule has 4 fully saturated rings. The van der Waals surface area contributed by atoms with E-state index in [0.717, 1.165) is 55.7 Å². The van der Waals surface area contributed by atoms with E-state index in [-0.39, 0.29) is 42.6 Å². The van der Waals surface area contributed by atoms with Crippen LogP contribution in [0.5, 0.6) is 0 Å². The van der Waals surface area contributed by atoms with Gasteiger partial charge < -0.3 is 29.0 Å². The Bertz CT molecular complexity index is 1370. The third kappa shape index (κ3) is 6.74. The van der Waals surface area contributed by atoms with E-state index in [2.05, 4.69) is 23.2 Å². The fourth-order valence-corrected chi connectivity index (χ4v) is 7.37. The summed E-state index contributed by atoms with van der Waals surface area (Å²) in [5.74, 6) is -0.0950. The molecule has 246 valence electrons. The van der Waals surface area contributed by atoms with Crippen LogP contribution >= 0.6 is 11.8 Å². The number of nitrogens with zero attached hydrogens (tertiary/aromatic N) is 3. The maximum absolute atomic E-state index is 13.9. The average molecular weight is 649 g/mol. The molecule has 1 aromatic carbocycles. The first-order valence-corrected chi connectivity index (χ1v) is 17.1. The van der Waals surface area contributed by atoms with Crippen molar-refractivity contribution in [3.8, 4) is 0 Å². The second-order valence-corrected chi connectivity index (χ2v) is 13.8. The summed E-state index contributed by atoms with van der Waals surface area (Å²) < 4.78 is 58.2. The van der Waals surface area contributed by atoms with Crippen LogP contribution in [0.15, 0.2) is 23.4 Å². The quantitative estimate of drug-likeness (QED) is 0.162. The molecular weight excluding hydrogens is 606 g/mol. The topological polar surface area (TPSA) is 111 Å². The number of hydrogen-bond acceptors (Lipinski definition) is 12. The van der Waals surface area contributed by atoms with Crippen LogP contribution < -0.4 is 21.3 Å². The molecule has 2 aromatic rings. The lowest BCUT2D eigenvalue weighted by atomic mass is 10.1. The van der Waals surface area contributed by atoms with Crippen LogP contribution in [0.25, 0.3) is 0 Å². The predicted molar refractivity (Wildman–Crippen MR) is 165 cm³/mol.